The molecular weight excluding hydrogens is 386 g/mol. The highest BCUT2D eigenvalue weighted by molar-refractivity contribution is 6.06. The van der Waals surface area contributed by atoms with Gasteiger partial charge in [0.15, 0.2) is 11.3 Å². The summed E-state index contributed by atoms with van der Waals surface area (Å²) >= 11 is 0. The van der Waals surface area contributed by atoms with E-state index >= 15 is 0 Å². The molecule has 6 heteroatoms. The van der Waals surface area contributed by atoms with Crippen LogP contribution in [0, 0.1) is 20.8 Å². The molecule has 5 aromatic rings. The zero-order chi connectivity index (χ0) is 21.9. The minimum Gasteiger partial charge on any atom is -0.293 e. The van der Waals surface area contributed by atoms with Gasteiger partial charge in [-0.15, -0.1) is 0 Å². The molecule has 0 aliphatic carbocycles. The number of aryl methyl sites for hydroxylation is 3. The van der Waals surface area contributed by atoms with Crippen molar-refractivity contribution in [2.45, 2.75) is 47.1 Å². The van der Waals surface area contributed by atoms with Gasteiger partial charge < -0.3 is 0 Å². The van der Waals surface area contributed by atoms with E-state index < -0.39 is 0 Å². The van der Waals surface area contributed by atoms with Crippen LogP contribution in [0.15, 0.2) is 47.3 Å². The quantitative estimate of drug-likeness (QED) is 0.410. The summed E-state index contributed by atoms with van der Waals surface area (Å²) in [5.74, 6) is 0.700. The van der Waals surface area contributed by atoms with Crippen LogP contribution in [0.1, 0.15) is 43.3 Å². The van der Waals surface area contributed by atoms with Gasteiger partial charge in [-0.1, -0.05) is 31.2 Å². The first kappa shape index (κ1) is 19.4. The van der Waals surface area contributed by atoms with Gasteiger partial charge in [0.25, 0.3) is 5.56 Å². The first-order valence-corrected chi connectivity index (χ1v) is 10.7. The minimum absolute atomic E-state index is 0.0527. The average Bonchev–Trinajstić information content (AvgIpc) is 3.06. The Morgan fingerprint density at radius 3 is 2.35 bits per heavy atom. The first-order valence-electron chi connectivity index (χ1n) is 10.7. The Hall–Kier alpha value is -3.54. The van der Waals surface area contributed by atoms with Gasteiger partial charge in [0.1, 0.15) is 16.7 Å². The van der Waals surface area contributed by atoms with E-state index in [0.29, 0.717) is 28.0 Å². The molecule has 0 spiro atoms. The van der Waals surface area contributed by atoms with Gasteiger partial charge in [-0.25, -0.2) is 15.0 Å². The molecule has 0 aliphatic rings. The summed E-state index contributed by atoms with van der Waals surface area (Å²) in [6.45, 7) is 10.1. The largest absolute Gasteiger partial charge is 0.293 e. The molecule has 0 saturated carbocycles. The average molecular weight is 412 g/mol. The van der Waals surface area contributed by atoms with Crippen molar-refractivity contribution in [3.63, 3.8) is 0 Å². The van der Waals surface area contributed by atoms with Crippen LogP contribution in [-0.4, -0.2) is 24.1 Å². The van der Waals surface area contributed by atoms with Crippen molar-refractivity contribution in [1.82, 2.24) is 24.1 Å². The Morgan fingerprint density at radius 2 is 1.65 bits per heavy atom. The summed E-state index contributed by atoms with van der Waals surface area (Å²) in [7, 11) is 0. The standard InChI is InChI=1S/C25H25N5O/c1-6-16(4)29-17(5)26-23-21(25(29)31)22-24(28-19-10-8-7-9-18(19)27-22)30(23)20-13-14(2)11-12-15(20)3/h7-13,16H,6H2,1-5H3/t16-/m1/s1. The molecule has 0 radical (unpaired) electrons. The number of rotatable bonds is 3. The van der Waals surface area contributed by atoms with E-state index in [0.717, 1.165) is 34.3 Å². The van der Waals surface area contributed by atoms with Gasteiger partial charge in [-0.3, -0.25) is 13.9 Å². The number of fused-ring (bicyclic) bond motifs is 4. The lowest BCUT2D eigenvalue weighted by Gasteiger charge is -2.16. The second-order valence-corrected chi connectivity index (χ2v) is 8.30. The maximum absolute atomic E-state index is 13.7. The van der Waals surface area contributed by atoms with Gasteiger partial charge in [0.05, 0.1) is 16.7 Å². The molecule has 0 N–H and O–H groups in total. The second-order valence-electron chi connectivity index (χ2n) is 8.30. The number of para-hydroxylation sites is 2. The fraction of sp³-hybridized carbons (Fsp3) is 0.280. The molecule has 1 atom stereocenters. The zero-order valence-electron chi connectivity index (χ0n) is 18.5. The molecule has 3 aromatic heterocycles. The van der Waals surface area contributed by atoms with E-state index in [1.165, 1.54) is 0 Å². The predicted molar refractivity (Wildman–Crippen MR) is 125 cm³/mol. The van der Waals surface area contributed by atoms with Gasteiger partial charge in [-0.2, -0.15) is 0 Å². The number of hydrogen-bond acceptors (Lipinski definition) is 4. The Kier molecular flexibility index (Phi) is 4.39. The third kappa shape index (κ3) is 2.86. The van der Waals surface area contributed by atoms with Crippen molar-refractivity contribution >= 4 is 33.2 Å². The topological polar surface area (TPSA) is 65.6 Å². The summed E-state index contributed by atoms with van der Waals surface area (Å²) in [5, 5.41) is 0.528. The van der Waals surface area contributed by atoms with Crippen molar-refractivity contribution in [1.29, 1.82) is 0 Å². The van der Waals surface area contributed by atoms with Crippen LogP contribution in [0.25, 0.3) is 38.9 Å². The lowest BCUT2D eigenvalue weighted by molar-refractivity contribution is 0.497. The van der Waals surface area contributed by atoms with Crippen molar-refractivity contribution < 1.29 is 0 Å². The van der Waals surface area contributed by atoms with Crippen LogP contribution in [0.5, 0.6) is 0 Å². The van der Waals surface area contributed by atoms with Crippen molar-refractivity contribution in [2.24, 2.45) is 0 Å². The maximum atomic E-state index is 13.7. The van der Waals surface area contributed by atoms with E-state index in [4.69, 9.17) is 15.0 Å². The molecular formula is C25H25N5O. The third-order valence-corrected chi connectivity index (χ3v) is 6.12. The molecule has 5 rings (SSSR count). The van der Waals surface area contributed by atoms with Crippen LogP contribution in [0.4, 0.5) is 0 Å². The summed E-state index contributed by atoms with van der Waals surface area (Å²) in [6.07, 6.45) is 0.845. The van der Waals surface area contributed by atoms with E-state index in [9.17, 15) is 4.79 Å². The van der Waals surface area contributed by atoms with E-state index in [-0.39, 0.29) is 11.6 Å². The highest BCUT2D eigenvalue weighted by Crippen LogP contribution is 2.30. The van der Waals surface area contributed by atoms with E-state index in [2.05, 4.69) is 39.0 Å². The molecule has 0 bridgehead atoms. The van der Waals surface area contributed by atoms with Crippen LogP contribution in [-0.2, 0) is 0 Å². The number of nitrogens with zero attached hydrogens (tertiary/aromatic N) is 5. The molecule has 6 nitrogen and oxygen atoms in total. The van der Waals surface area contributed by atoms with Gasteiger partial charge in [0.2, 0.25) is 0 Å². The van der Waals surface area contributed by atoms with Gasteiger partial charge in [0, 0.05) is 6.04 Å². The minimum atomic E-state index is -0.0597. The van der Waals surface area contributed by atoms with Gasteiger partial charge in [-0.05, 0) is 63.4 Å². The normalized spacial score (nSPS) is 12.8. The Bertz CT molecular complexity index is 1540. The molecule has 0 unspecified atom stereocenters. The lowest BCUT2D eigenvalue weighted by Crippen LogP contribution is -2.26. The number of benzene rings is 2. The summed E-state index contributed by atoms with van der Waals surface area (Å²) in [4.78, 5) is 28.5. The molecule has 0 fully saturated rings. The molecule has 31 heavy (non-hydrogen) atoms. The second kappa shape index (κ2) is 7.01. The van der Waals surface area contributed by atoms with E-state index in [1.54, 1.807) is 4.57 Å². The lowest BCUT2D eigenvalue weighted by atomic mass is 10.1. The fourth-order valence-electron chi connectivity index (χ4n) is 4.30. The third-order valence-electron chi connectivity index (χ3n) is 6.12. The van der Waals surface area contributed by atoms with Crippen LogP contribution >= 0.6 is 0 Å². The van der Waals surface area contributed by atoms with Crippen LogP contribution in [0.2, 0.25) is 0 Å². The molecule has 2 aromatic carbocycles. The SMILES string of the molecule is CC[C@@H](C)n1c(C)nc2c(c1=O)c1nc3ccccc3nc1n2-c1cc(C)ccc1C. The van der Waals surface area contributed by atoms with Crippen molar-refractivity contribution in [2.75, 3.05) is 0 Å². The predicted octanol–water partition coefficient (Wildman–Crippen LogP) is 5.18. The van der Waals surface area contributed by atoms with E-state index in [1.807, 2.05) is 42.7 Å². The first-order chi connectivity index (χ1) is 14.9. The zero-order valence-corrected chi connectivity index (χ0v) is 18.5. The van der Waals surface area contributed by atoms with Gasteiger partial charge >= 0.3 is 0 Å². The summed E-state index contributed by atoms with van der Waals surface area (Å²) < 4.78 is 3.79. The van der Waals surface area contributed by atoms with Crippen LogP contribution < -0.4 is 5.56 Å². The van der Waals surface area contributed by atoms with Crippen molar-refractivity contribution in [3.8, 4) is 5.69 Å². The number of aromatic nitrogens is 5. The Balaban J connectivity index is 2.05. The molecule has 0 aliphatic heterocycles. The summed E-state index contributed by atoms with van der Waals surface area (Å²) in [5.41, 5.74) is 6.57. The number of hydrogen-bond donors (Lipinski definition) is 0. The molecule has 156 valence electrons. The fourth-order valence-corrected chi connectivity index (χ4v) is 4.30. The highest BCUT2D eigenvalue weighted by atomic mass is 16.1. The summed E-state index contributed by atoms with van der Waals surface area (Å²) in [6, 6.07) is 14.1. The molecule has 0 amide bonds. The smallest absolute Gasteiger partial charge is 0.265 e. The Labute approximate surface area is 180 Å². The Morgan fingerprint density at radius 1 is 0.935 bits per heavy atom. The maximum Gasteiger partial charge on any atom is 0.265 e. The highest BCUT2D eigenvalue weighted by Gasteiger charge is 2.24. The van der Waals surface area contributed by atoms with Crippen molar-refractivity contribution in [3.05, 3.63) is 69.8 Å². The monoisotopic (exact) mass is 411 g/mol. The molecule has 3 heterocycles. The molecule has 0 saturated heterocycles. The van der Waals surface area contributed by atoms with Crippen LogP contribution in [0.3, 0.4) is 0 Å².